The Hall–Kier alpha value is -2.50. The highest BCUT2D eigenvalue weighted by atomic mass is 19.4. The molecule has 1 aromatic carbocycles. The van der Waals surface area contributed by atoms with Gasteiger partial charge in [0, 0.05) is 17.3 Å². The van der Waals surface area contributed by atoms with Crippen molar-refractivity contribution in [1.29, 1.82) is 0 Å². The van der Waals surface area contributed by atoms with Crippen LogP contribution in [0.25, 0.3) is 22.2 Å². The Morgan fingerprint density at radius 3 is 2.65 bits per heavy atom. The van der Waals surface area contributed by atoms with E-state index in [-0.39, 0.29) is 12.4 Å². The van der Waals surface area contributed by atoms with Gasteiger partial charge >= 0.3 is 6.18 Å². The molecule has 1 N–H and O–H groups in total. The van der Waals surface area contributed by atoms with Gasteiger partial charge in [-0.25, -0.2) is 4.98 Å². The molecule has 0 aliphatic carbocycles. The summed E-state index contributed by atoms with van der Waals surface area (Å²) in [5.74, 6) is -0.153. The van der Waals surface area contributed by atoms with Gasteiger partial charge in [-0.05, 0) is 49.2 Å². The highest BCUT2D eigenvalue weighted by Crippen LogP contribution is 2.39. The van der Waals surface area contributed by atoms with Gasteiger partial charge in [0.2, 0.25) is 0 Å². The van der Waals surface area contributed by atoms with Gasteiger partial charge in [0.05, 0.1) is 12.2 Å². The van der Waals surface area contributed by atoms with Gasteiger partial charge in [0.15, 0.2) is 0 Å². The van der Waals surface area contributed by atoms with Crippen LogP contribution in [0.1, 0.15) is 18.2 Å². The number of aryl methyl sites for hydroxylation is 1. The van der Waals surface area contributed by atoms with E-state index in [1.807, 2.05) is 13.0 Å². The van der Waals surface area contributed by atoms with Gasteiger partial charge in [0.1, 0.15) is 11.4 Å². The highest BCUT2D eigenvalue weighted by molar-refractivity contribution is 5.93. The topological polar surface area (TPSA) is 37.9 Å². The summed E-state index contributed by atoms with van der Waals surface area (Å²) in [6.07, 6.45) is -2.89. The molecule has 3 aromatic rings. The lowest BCUT2D eigenvalue weighted by atomic mass is 10.0. The molecule has 0 radical (unpaired) electrons. The largest absolute Gasteiger partial charge is 0.493 e. The zero-order valence-corrected chi connectivity index (χ0v) is 12.7. The molecule has 3 nitrogen and oxygen atoms in total. The van der Waals surface area contributed by atoms with Crippen molar-refractivity contribution in [2.75, 3.05) is 6.61 Å². The number of alkyl halides is 3. The zero-order valence-electron chi connectivity index (χ0n) is 12.7. The SMILES string of the molecule is CCOc1ccc(-c2ccnc3[nH]c(C)cc23)cc1C(F)(F)F. The molecule has 0 saturated carbocycles. The summed E-state index contributed by atoms with van der Waals surface area (Å²) in [5.41, 5.74) is 1.97. The molecule has 6 heteroatoms. The minimum absolute atomic E-state index is 0.153. The van der Waals surface area contributed by atoms with E-state index in [4.69, 9.17) is 4.74 Å². The lowest BCUT2D eigenvalue weighted by Crippen LogP contribution is -2.09. The number of nitrogens with one attached hydrogen (secondary N) is 1. The number of fused-ring (bicyclic) bond motifs is 1. The van der Waals surface area contributed by atoms with E-state index in [9.17, 15) is 13.2 Å². The predicted molar refractivity (Wildman–Crippen MR) is 82.4 cm³/mol. The van der Waals surface area contributed by atoms with Crippen LogP contribution in [0.15, 0.2) is 36.5 Å². The molecule has 0 amide bonds. The van der Waals surface area contributed by atoms with Crippen molar-refractivity contribution >= 4 is 11.0 Å². The fraction of sp³-hybridized carbons (Fsp3) is 0.235. The summed E-state index contributed by atoms with van der Waals surface area (Å²) in [5, 5.41) is 0.794. The maximum Gasteiger partial charge on any atom is 0.419 e. The normalized spacial score (nSPS) is 11.9. The van der Waals surface area contributed by atoms with Gasteiger partial charge in [-0.15, -0.1) is 0 Å². The minimum atomic E-state index is -4.47. The van der Waals surface area contributed by atoms with Crippen molar-refractivity contribution in [3.05, 3.63) is 47.8 Å². The van der Waals surface area contributed by atoms with E-state index in [1.165, 1.54) is 6.07 Å². The molecule has 0 bridgehead atoms. The number of halogens is 3. The molecule has 0 aliphatic heterocycles. The number of rotatable bonds is 3. The second-order valence-corrected chi connectivity index (χ2v) is 5.21. The number of H-pyrrole nitrogens is 1. The van der Waals surface area contributed by atoms with Crippen molar-refractivity contribution in [2.24, 2.45) is 0 Å². The Kier molecular flexibility index (Phi) is 3.75. The number of hydrogen-bond donors (Lipinski definition) is 1. The first-order chi connectivity index (χ1) is 10.9. The van der Waals surface area contributed by atoms with E-state index in [0.717, 1.165) is 17.1 Å². The smallest absolute Gasteiger partial charge is 0.419 e. The summed E-state index contributed by atoms with van der Waals surface area (Å²) >= 11 is 0. The number of hydrogen-bond acceptors (Lipinski definition) is 2. The van der Waals surface area contributed by atoms with E-state index < -0.39 is 11.7 Å². The minimum Gasteiger partial charge on any atom is -0.493 e. The third kappa shape index (κ3) is 2.88. The van der Waals surface area contributed by atoms with Crippen LogP contribution in [0.2, 0.25) is 0 Å². The Morgan fingerprint density at radius 2 is 1.96 bits per heavy atom. The van der Waals surface area contributed by atoms with Crippen molar-refractivity contribution in [2.45, 2.75) is 20.0 Å². The second kappa shape index (κ2) is 5.61. The molecule has 0 saturated heterocycles. The van der Waals surface area contributed by atoms with E-state index in [1.54, 1.807) is 25.3 Å². The number of ether oxygens (including phenoxy) is 1. The van der Waals surface area contributed by atoms with Crippen LogP contribution in [-0.4, -0.2) is 16.6 Å². The average molecular weight is 320 g/mol. The number of benzene rings is 1. The quantitative estimate of drug-likeness (QED) is 0.741. The van der Waals surface area contributed by atoms with E-state index >= 15 is 0 Å². The van der Waals surface area contributed by atoms with Crippen LogP contribution in [-0.2, 0) is 6.18 Å². The maximum atomic E-state index is 13.3. The van der Waals surface area contributed by atoms with Crippen LogP contribution in [0.3, 0.4) is 0 Å². The highest BCUT2D eigenvalue weighted by Gasteiger charge is 2.34. The van der Waals surface area contributed by atoms with Crippen LogP contribution in [0.4, 0.5) is 13.2 Å². The Balaban J connectivity index is 2.19. The predicted octanol–water partition coefficient (Wildman–Crippen LogP) is 4.96. The molecular weight excluding hydrogens is 305 g/mol. The molecule has 120 valence electrons. The van der Waals surface area contributed by atoms with Crippen molar-refractivity contribution in [1.82, 2.24) is 9.97 Å². The fourth-order valence-corrected chi connectivity index (χ4v) is 2.61. The van der Waals surface area contributed by atoms with Gasteiger partial charge < -0.3 is 9.72 Å². The van der Waals surface area contributed by atoms with Gasteiger partial charge in [-0.3, -0.25) is 0 Å². The molecule has 2 aromatic heterocycles. The summed E-state index contributed by atoms with van der Waals surface area (Å²) in [4.78, 5) is 7.29. The maximum absolute atomic E-state index is 13.3. The Bertz CT molecular complexity index is 853. The Morgan fingerprint density at radius 1 is 1.17 bits per heavy atom. The van der Waals surface area contributed by atoms with Gasteiger partial charge in [0.25, 0.3) is 0 Å². The zero-order chi connectivity index (χ0) is 16.6. The summed E-state index contributed by atoms with van der Waals surface area (Å²) in [7, 11) is 0. The van der Waals surface area contributed by atoms with Crippen molar-refractivity contribution in [3.8, 4) is 16.9 Å². The first-order valence-electron chi connectivity index (χ1n) is 7.19. The van der Waals surface area contributed by atoms with Crippen LogP contribution in [0.5, 0.6) is 5.75 Å². The number of pyridine rings is 1. The third-order valence-electron chi connectivity index (χ3n) is 3.56. The molecule has 3 rings (SSSR count). The van der Waals surface area contributed by atoms with Crippen LogP contribution in [0, 0.1) is 6.92 Å². The Labute approximate surface area is 131 Å². The first-order valence-corrected chi connectivity index (χ1v) is 7.19. The fourth-order valence-electron chi connectivity index (χ4n) is 2.61. The van der Waals surface area contributed by atoms with Crippen molar-refractivity contribution in [3.63, 3.8) is 0 Å². The summed E-state index contributed by atoms with van der Waals surface area (Å²) < 4.78 is 45.0. The molecule has 23 heavy (non-hydrogen) atoms. The molecule has 0 fully saturated rings. The van der Waals surface area contributed by atoms with Crippen LogP contribution < -0.4 is 4.74 Å². The monoisotopic (exact) mass is 320 g/mol. The lowest BCUT2D eigenvalue weighted by molar-refractivity contribution is -0.138. The molecular formula is C17H15F3N2O. The number of aromatic amines is 1. The lowest BCUT2D eigenvalue weighted by Gasteiger charge is -2.15. The average Bonchev–Trinajstić information content (AvgIpc) is 2.87. The number of aromatic nitrogens is 2. The molecule has 0 spiro atoms. The molecule has 0 unspecified atom stereocenters. The third-order valence-corrected chi connectivity index (χ3v) is 3.56. The van der Waals surface area contributed by atoms with E-state index in [2.05, 4.69) is 9.97 Å². The summed E-state index contributed by atoms with van der Waals surface area (Å²) in [6.45, 7) is 3.72. The summed E-state index contributed by atoms with van der Waals surface area (Å²) in [6, 6.07) is 7.72. The van der Waals surface area contributed by atoms with Crippen molar-refractivity contribution < 1.29 is 17.9 Å². The van der Waals surface area contributed by atoms with Crippen LogP contribution >= 0.6 is 0 Å². The molecule has 2 heterocycles. The standard InChI is InChI=1S/C17H15F3N2O/c1-3-23-15-5-4-11(9-14(15)17(18,19)20)12-6-7-21-16-13(12)8-10(2)22-16/h4-9H,3H2,1-2H3,(H,21,22). The van der Waals surface area contributed by atoms with Gasteiger partial charge in [-0.2, -0.15) is 13.2 Å². The first kappa shape index (κ1) is 15.4. The second-order valence-electron chi connectivity index (χ2n) is 5.21. The van der Waals surface area contributed by atoms with Gasteiger partial charge in [-0.1, -0.05) is 6.07 Å². The number of nitrogens with zero attached hydrogens (tertiary/aromatic N) is 1. The molecule has 0 aliphatic rings. The van der Waals surface area contributed by atoms with E-state index in [0.29, 0.717) is 16.8 Å². The molecule has 0 atom stereocenters.